The van der Waals surface area contributed by atoms with E-state index in [1.54, 1.807) is 12.4 Å². The molecule has 0 fully saturated rings. The van der Waals surface area contributed by atoms with Gasteiger partial charge in [-0.15, -0.1) is 10.2 Å². The van der Waals surface area contributed by atoms with Gasteiger partial charge in [0.2, 0.25) is 11.8 Å². The molecule has 0 aliphatic carbocycles. The zero-order valence-corrected chi connectivity index (χ0v) is 14.2. The van der Waals surface area contributed by atoms with Gasteiger partial charge in [0.15, 0.2) is 5.76 Å². The normalized spacial score (nSPS) is 11.2. The van der Waals surface area contributed by atoms with E-state index in [1.165, 1.54) is 0 Å². The van der Waals surface area contributed by atoms with Gasteiger partial charge in [-0.1, -0.05) is 23.4 Å². The van der Waals surface area contributed by atoms with E-state index < -0.39 is 0 Å². The van der Waals surface area contributed by atoms with Crippen LogP contribution in [-0.4, -0.2) is 32.3 Å². The summed E-state index contributed by atoms with van der Waals surface area (Å²) < 4.78 is 11.2. The summed E-state index contributed by atoms with van der Waals surface area (Å²) in [6.07, 6.45) is 3.46. The van der Waals surface area contributed by atoms with Crippen molar-refractivity contribution in [2.24, 2.45) is 0 Å². The lowest BCUT2D eigenvalue weighted by molar-refractivity contribution is 0.246. The summed E-state index contributed by atoms with van der Waals surface area (Å²) in [4.78, 5) is 6.03. The van der Waals surface area contributed by atoms with Gasteiger partial charge in [-0.2, -0.15) is 0 Å². The molecular weight excluding hydrogens is 330 g/mol. The Morgan fingerprint density at radius 2 is 1.73 bits per heavy atom. The largest absolute Gasteiger partial charge is 0.419 e. The standard InChI is InChI=1S/C19H17N5O2/c1-24(12-16-11-17(23-26-16)14-7-9-20-10-8-14)13-18-21-22-19(25-18)15-5-3-2-4-6-15/h2-11H,12-13H2,1H3. The first kappa shape index (κ1) is 16.2. The molecule has 0 amide bonds. The van der Waals surface area contributed by atoms with Gasteiger partial charge >= 0.3 is 0 Å². The summed E-state index contributed by atoms with van der Waals surface area (Å²) in [6, 6.07) is 15.4. The third-order valence-corrected chi connectivity index (χ3v) is 3.85. The van der Waals surface area contributed by atoms with E-state index in [1.807, 2.05) is 60.5 Å². The Balaban J connectivity index is 1.40. The molecule has 0 radical (unpaired) electrons. The summed E-state index contributed by atoms with van der Waals surface area (Å²) in [7, 11) is 1.96. The van der Waals surface area contributed by atoms with Crippen molar-refractivity contribution in [1.82, 2.24) is 25.2 Å². The molecule has 0 N–H and O–H groups in total. The van der Waals surface area contributed by atoms with Crippen LogP contribution in [0.3, 0.4) is 0 Å². The van der Waals surface area contributed by atoms with Crippen LogP contribution in [0.15, 0.2) is 69.9 Å². The van der Waals surface area contributed by atoms with Crippen LogP contribution in [-0.2, 0) is 13.1 Å². The van der Waals surface area contributed by atoms with Crippen molar-refractivity contribution < 1.29 is 8.94 Å². The lowest BCUT2D eigenvalue weighted by Gasteiger charge is -2.11. The average molecular weight is 347 g/mol. The van der Waals surface area contributed by atoms with Crippen molar-refractivity contribution in [1.29, 1.82) is 0 Å². The molecule has 7 heteroatoms. The zero-order valence-electron chi connectivity index (χ0n) is 14.2. The predicted molar refractivity (Wildman–Crippen MR) is 94.6 cm³/mol. The first-order valence-electron chi connectivity index (χ1n) is 8.20. The van der Waals surface area contributed by atoms with Crippen LogP contribution in [0.5, 0.6) is 0 Å². The van der Waals surface area contributed by atoms with Gasteiger partial charge in [0.1, 0.15) is 5.69 Å². The van der Waals surface area contributed by atoms with Crippen LogP contribution in [0.1, 0.15) is 11.7 Å². The maximum Gasteiger partial charge on any atom is 0.247 e. The van der Waals surface area contributed by atoms with Gasteiger partial charge in [-0.05, 0) is 31.3 Å². The second kappa shape index (κ2) is 7.28. The third-order valence-electron chi connectivity index (χ3n) is 3.85. The monoisotopic (exact) mass is 347 g/mol. The number of pyridine rings is 1. The van der Waals surface area contributed by atoms with E-state index >= 15 is 0 Å². The van der Waals surface area contributed by atoms with Gasteiger partial charge in [0.25, 0.3) is 0 Å². The molecule has 0 aliphatic heterocycles. The molecule has 3 aromatic heterocycles. The predicted octanol–water partition coefficient (Wildman–Crippen LogP) is 3.42. The molecule has 0 aliphatic rings. The Morgan fingerprint density at radius 1 is 0.923 bits per heavy atom. The maximum atomic E-state index is 5.74. The van der Waals surface area contributed by atoms with E-state index in [4.69, 9.17) is 8.94 Å². The fourth-order valence-corrected chi connectivity index (χ4v) is 2.61. The fourth-order valence-electron chi connectivity index (χ4n) is 2.61. The summed E-state index contributed by atoms with van der Waals surface area (Å²) in [5.74, 6) is 1.84. The highest BCUT2D eigenvalue weighted by molar-refractivity contribution is 5.57. The smallest absolute Gasteiger partial charge is 0.247 e. The molecule has 4 rings (SSSR count). The summed E-state index contributed by atoms with van der Waals surface area (Å²) in [5.41, 5.74) is 2.67. The molecule has 0 atom stereocenters. The molecule has 0 saturated heterocycles. The molecule has 1 aromatic carbocycles. The van der Waals surface area contributed by atoms with Crippen molar-refractivity contribution in [3.8, 4) is 22.7 Å². The van der Waals surface area contributed by atoms with Crippen LogP contribution < -0.4 is 0 Å². The molecule has 26 heavy (non-hydrogen) atoms. The van der Waals surface area contributed by atoms with Crippen LogP contribution in [0.4, 0.5) is 0 Å². The molecular formula is C19H17N5O2. The zero-order chi connectivity index (χ0) is 17.8. The minimum atomic E-state index is 0.519. The number of nitrogens with zero attached hydrogens (tertiary/aromatic N) is 5. The van der Waals surface area contributed by atoms with Gasteiger partial charge in [0.05, 0.1) is 13.1 Å². The highest BCUT2D eigenvalue weighted by atomic mass is 16.5. The van der Waals surface area contributed by atoms with Crippen LogP contribution in [0, 0.1) is 0 Å². The number of hydrogen-bond acceptors (Lipinski definition) is 7. The number of rotatable bonds is 6. The molecule has 7 nitrogen and oxygen atoms in total. The summed E-state index contributed by atoms with van der Waals surface area (Å²) in [5, 5.41) is 12.3. The second-order valence-corrected chi connectivity index (χ2v) is 5.95. The summed E-state index contributed by atoms with van der Waals surface area (Å²) >= 11 is 0. The Hall–Kier alpha value is -3.32. The maximum absolute atomic E-state index is 5.74. The van der Waals surface area contributed by atoms with Gasteiger partial charge in [-0.25, -0.2) is 0 Å². The molecule has 130 valence electrons. The number of hydrogen-bond donors (Lipinski definition) is 0. The lowest BCUT2D eigenvalue weighted by Crippen LogP contribution is -2.17. The Bertz CT molecular complexity index is 886. The highest BCUT2D eigenvalue weighted by Gasteiger charge is 2.13. The molecule has 0 spiro atoms. The molecule has 0 unspecified atom stereocenters. The van der Waals surface area contributed by atoms with Crippen LogP contribution in [0.25, 0.3) is 22.7 Å². The Labute approximate surface area is 150 Å². The molecule has 3 heterocycles. The minimum absolute atomic E-state index is 0.519. The molecule has 4 aromatic rings. The van der Waals surface area contributed by atoms with Gasteiger partial charge in [-0.3, -0.25) is 9.88 Å². The Morgan fingerprint density at radius 3 is 2.54 bits per heavy atom. The number of aromatic nitrogens is 4. The third kappa shape index (κ3) is 3.68. The SMILES string of the molecule is CN(Cc1cc(-c2ccncc2)no1)Cc1nnc(-c2ccccc2)o1. The van der Waals surface area contributed by atoms with Crippen molar-refractivity contribution in [3.63, 3.8) is 0 Å². The van der Waals surface area contributed by atoms with Gasteiger partial charge in [0, 0.05) is 29.6 Å². The lowest BCUT2D eigenvalue weighted by atomic mass is 10.2. The van der Waals surface area contributed by atoms with Crippen molar-refractivity contribution >= 4 is 0 Å². The van der Waals surface area contributed by atoms with Crippen molar-refractivity contribution in [2.75, 3.05) is 7.05 Å². The minimum Gasteiger partial charge on any atom is -0.419 e. The van der Waals surface area contributed by atoms with Crippen molar-refractivity contribution in [3.05, 3.63) is 72.6 Å². The van der Waals surface area contributed by atoms with E-state index in [0.717, 1.165) is 22.6 Å². The number of benzene rings is 1. The van der Waals surface area contributed by atoms with Crippen LogP contribution in [0.2, 0.25) is 0 Å². The van der Waals surface area contributed by atoms with Crippen molar-refractivity contribution in [2.45, 2.75) is 13.1 Å². The van der Waals surface area contributed by atoms with Crippen LogP contribution >= 0.6 is 0 Å². The Kier molecular flexibility index (Phi) is 4.53. The first-order valence-corrected chi connectivity index (χ1v) is 8.20. The second-order valence-electron chi connectivity index (χ2n) is 5.95. The highest BCUT2D eigenvalue weighted by Crippen LogP contribution is 2.20. The summed E-state index contributed by atoms with van der Waals surface area (Å²) in [6.45, 7) is 1.10. The fraction of sp³-hybridized carbons (Fsp3) is 0.158. The van der Waals surface area contributed by atoms with E-state index in [9.17, 15) is 0 Å². The van der Waals surface area contributed by atoms with E-state index in [2.05, 4.69) is 20.3 Å². The van der Waals surface area contributed by atoms with E-state index in [0.29, 0.717) is 24.9 Å². The van der Waals surface area contributed by atoms with Gasteiger partial charge < -0.3 is 8.94 Å². The molecule has 0 bridgehead atoms. The topological polar surface area (TPSA) is 81.1 Å². The first-order chi connectivity index (χ1) is 12.8. The average Bonchev–Trinajstić information content (AvgIpc) is 3.33. The quantitative estimate of drug-likeness (QED) is 0.528. The van der Waals surface area contributed by atoms with E-state index in [-0.39, 0.29) is 0 Å². The molecule has 0 saturated carbocycles.